The third-order valence-corrected chi connectivity index (χ3v) is 4.50. The van der Waals surface area contributed by atoms with Crippen LogP contribution in [-0.4, -0.2) is 29.5 Å². The molecular formula is C15H20INO3. The minimum atomic E-state index is -1.11. The Morgan fingerprint density at radius 1 is 1.40 bits per heavy atom. The van der Waals surface area contributed by atoms with Crippen molar-refractivity contribution in [1.29, 1.82) is 0 Å². The lowest BCUT2D eigenvalue weighted by Gasteiger charge is -2.28. The predicted octanol–water partition coefficient (Wildman–Crippen LogP) is 2.20. The molecule has 0 aliphatic heterocycles. The number of halogens is 1. The van der Waals surface area contributed by atoms with Crippen LogP contribution in [0.4, 0.5) is 0 Å². The molecule has 0 spiro atoms. The van der Waals surface area contributed by atoms with Crippen molar-refractivity contribution in [2.24, 2.45) is 11.7 Å². The molecule has 0 heterocycles. The second-order valence-corrected chi connectivity index (χ2v) is 5.90. The zero-order valence-corrected chi connectivity index (χ0v) is 13.6. The third-order valence-electron chi connectivity index (χ3n) is 3.95. The van der Waals surface area contributed by atoms with Gasteiger partial charge < -0.3 is 18.6 Å². The van der Waals surface area contributed by atoms with Gasteiger partial charge in [0, 0.05) is 5.92 Å². The van der Waals surface area contributed by atoms with E-state index in [2.05, 4.69) is 6.58 Å². The van der Waals surface area contributed by atoms with E-state index in [-0.39, 0.29) is 5.92 Å². The average molecular weight is 389 g/mol. The lowest BCUT2D eigenvalue weighted by atomic mass is 9.97. The lowest BCUT2D eigenvalue weighted by Crippen LogP contribution is -2.48. The molecule has 4 atom stereocenters. The van der Waals surface area contributed by atoms with E-state index < -0.39 is 17.7 Å². The van der Waals surface area contributed by atoms with Crippen LogP contribution in [0.2, 0.25) is 0 Å². The normalized spacial score (nSPS) is 33.6. The second kappa shape index (κ2) is 6.53. The molecule has 1 fully saturated rings. The molecule has 5 heteroatoms. The van der Waals surface area contributed by atoms with E-state index >= 15 is 0 Å². The first-order valence-corrected chi connectivity index (χ1v) is 7.42. The van der Waals surface area contributed by atoms with Crippen LogP contribution < -0.4 is 5.73 Å². The van der Waals surface area contributed by atoms with Crippen molar-refractivity contribution in [3.8, 4) is 0 Å². The Morgan fingerprint density at radius 2 is 2.05 bits per heavy atom. The van der Waals surface area contributed by atoms with Gasteiger partial charge in [0.05, 0.1) is 19.3 Å². The summed E-state index contributed by atoms with van der Waals surface area (Å²) in [4.78, 5) is 0. The maximum atomic E-state index is 10.4. The van der Waals surface area contributed by atoms with E-state index in [0.717, 1.165) is 11.1 Å². The number of nitrogens with two attached hydrogens (primary N) is 1. The van der Waals surface area contributed by atoms with Crippen LogP contribution >= 0.6 is 23.0 Å². The van der Waals surface area contributed by atoms with E-state index in [1.54, 1.807) is 29.9 Å². The van der Waals surface area contributed by atoms with Gasteiger partial charge in [0.25, 0.3) is 0 Å². The van der Waals surface area contributed by atoms with E-state index in [0.29, 0.717) is 13.2 Å². The van der Waals surface area contributed by atoms with Crippen LogP contribution in [0.15, 0.2) is 42.5 Å². The molecule has 3 N–H and O–H groups in total. The van der Waals surface area contributed by atoms with E-state index in [1.807, 2.05) is 30.3 Å². The Hall–Kier alpha value is -0.470. The zero-order chi connectivity index (χ0) is 14.8. The number of rotatable bonds is 5. The van der Waals surface area contributed by atoms with E-state index in [9.17, 15) is 5.11 Å². The molecule has 1 aliphatic carbocycles. The van der Waals surface area contributed by atoms with Gasteiger partial charge in [0.15, 0.2) is 0 Å². The Morgan fingerprint density at radius 3 is 2.65 bits per heavy atom. The van der Waals surface area contributed by atoms with Gasteiger partial charge in [-0.3, -0.25) is 0 Å². The molecule has 4 nitrogen and oxygen atoms in total. The number of ether oxygens (including phenoxy) is 1. The first-order valence-electron chi connectivity index (χ1n) is 6.54. The summed E-state index contributed by atoms with van der Waals surface area (Å²) in [6.07, 6.45) is -0.402. The monoisotopic (exact) mass is 389 g/mol. The van der Waals surface area contributed by atoms with Crippen LogP contribution in [0, 0.1) is 5.92 Å². The summed E-state index contributed by atoms with van der Waals surface area (Å²) in [7, 11) is 0. The SMILES string of the molecule is C=C1C(COCc2ccccc2)C(OI)C(C)(O)C1N. The highest BCUT2D eigenvalue weighted by Gasteiger charge is 2.53. The number of hydrogen-bond donors (Lipinski definition) is 2. The molecular weight excluding hydrogens is 369 g/mol. The third kappa shape index (κ3) is 3.07. The maximum Gasteiger partial charge on any atom is 0.110 e. The average Bonchev–Trinajstić information content (AvgIpc) is 2.60. The first-order chi connectivity index (χ1) is 9.48. The van der Waals surface area contributed by atoms with Crippen molar-refractivity contribution in [1.82, 2.24) is 0 Å². The maximum absolute atomic E-state index is 10.4. The summed E-state index contributed by atoms with van der Waals surface area (Å²) in [5.41, 5.74) is 6.79. The molecule has 110 valence electrons. The molecule has 2 rings (SSSR count). The van der Waals surface area contributed by atoms with Crippen molar-refractivity contribution >= 4 is 23.0 Å². The van der Waals surface area contributed by atoms with Crippen LogP contribution in [0.25, 0.3) is 0 Å². The highest BCUT2D eigenvalue weighted by atomic mass is 127. The molecule has 1 aromatic rings. The molecule has 1 saturated carbocycles. The van der Waals surface area contributed by atoms with E-state index in [4.69, 9.17) is 13.5 Å². The number of hydrogen-bond acceptors (Lipinski definition) is 4. The fourth-order valence-electron chi connectivity index (χ4n) is 2.61. The molecule has 1 aliphatic rings. The van der Waals surface area contributed by atoms with Crippen molar-refractivity contribution < 1.29 is 12.9 Å². The molecule has 0 bridgehead atoms. The lowest BCUT2D eigenvalue weighted by molar-refractivity contribution is -0.0428. The Balaban J connectivity index is 1.96. The fourth-order valence-corrected chi connectivity index (χ4v) is 3.48. The summed E-state index contributed by atoms with van der Waals surface area (Å²) in [5, 5.41) is 10.4. The Kier molecular flexibility index (Phi) is 5.19. The van der Waals surface area contributed by atoms with Crippen LogP contribution in [-0.2, 0) is 14.4 Å². The Labute approximate surface area is 133 Å². The quantitative estimate of drug-likeness (QED) is 0.599. The summed E-state index contributed by atoms with van der Waals surface area (Å²) < 4.78 is 11.1. The summed E-state index contributed by atoms with van der Waals surface area (Å²) in [5.74, 6) is -0.0967. The minimum Gasteiger partial charge on any atom is -0.385 e. The van der Waals surface area contributed by atoms with Crippen molar-refractivity contribution in [3.63, 3.8) is 0 Å². The van der Waals surface area contributed by atoms with Crippen LogP contribution in [0.5, 0.6) is 0 Å². The molecule has 20 heavy (non-hydrogen) atoms. The number of benzene rings is 1. The van der Waals surface area contributed by atoms with Gasteiger partial charge in [-0.15, -0.1) is 0 Å². The van der Waals surface area contributed by atoms with Crippen molar-refractivity contribution in [3.05, 3.63) is 48.0 Å². The predicted molar refractivity (Wildman–Crippen MR) is 86.2 cm³/mol. The largest absolute Gasteiger partial charge is 0.385 e. The van der Waals surface area contributed by atoms with Gasteiger partial charge in [0.2, 0.25) is 0 Å². The molecule has 4 unspecified atom stereocenters. The van der Waals surface area contributed by atoms with Gasteiger partial charge in [-0.1, -0.05) is 36.9 Å². The summed E-state index contributed by atoms with van der Waals surface area (Å²) >= 11 is 1.80. The standard InChI is InChI=1S/C15H20INO3/c1-10-12(14(20-16)15(2,18)13(10)17)9-19-8-11-6-4-3-5-7-11/h3-7,12-14,18H,1,8-9,17H2,2H3. The minimum absolute atomic E-state index is 0.0967. The fraction of sp³-hybridized carbons (Fsp3) is 0.467. The van der Waals surface area contributed by atoms with Crippen LogP contribution in [0.3, 0.4) is 0 Å². The molecule has 0 saturated heterocycles. The van der Waals surface area contributed by atoms with Gasteiger partial charge in [0.1, 0.15) is 34.7 Å². The summed E-state index contributed by atoms with van der Waals surface area (Å²) in [6, 6.07) is 9.45. The van der Waals surface area contributed by atoms with Crippen LogP contribution in [0.1, 0.15) is 12.5 Å². The van der Waals surface area contributed by atoms with E-state index in [1.165, 1.54) is 0 Å². The zero-order valence-electron chi connectivity index (χ0n) is 11.5. The molecule has 0 radical (unpaired) electrons. The van der Waals surface area contributed by atoms with Gasteiger partial charge in [-0.2, -0.15) is 0 Å². The Bertz CT molecular complexity index is 463. The van der Waals surface area contributed by atoms with Gasteiger partial charge in [-0.05, 0) is 18.1 Å². The topological polar surface area (TPSA) is 64.7 Å². The highest BCUT2D eigenvalue weighted by molar-refractivity contribution is 14.1. The first kappa shape index (κ1) is 15.9. The summed E-state index contributed by atoms with van der Waals surface area (Å²) in [6.45, 7) is 6.63. The van der Waals surface area contributed by atoms with Crippen molar-refractivity contribution in [2.75, 3.05) is 6.61 Å². The van der Waals surface area contributed by atoms with Gasteiger partial charge >= 0.3 is 0 Å². The smallest absolute Gasteiger partial charge is 0.110 e. The van der Waals surface area contributed by atoms with Gasteiger partial charge in [-0.25, -0.2) is 0 Å². The second-order valence-electron chi connectivity index (χ2n) is 5.40. The van der Waals surface area contributed by atoms with Crippen molar-refractivity contribution in [2.45, 2.75) is 31.3 Å². The highest BCUT2D eigenvalue weighted by Crippen LogP contribution is 2.40. The molecule has 1 aromatic carbocycles. The molecule has 0 amide bonds. The molecule has 0 aromatic heterocycles. The number of aliphatic hydroxyl groups is 1.